The number of primary amides is 1. The highest BCUT2D eigenvalue weighted by Crippen LogP contribution is 2.57. The van der Waals surface area contributed by atoms with Crippen molar-refractivity contribution in [2.45, 2.75) is 24.0 Å². The van der Waals surface area contributed by atoms with Gasteiger partial charge in [0.05, 0.1) is 11.6 Å². The van der Waals surface area contributed by atoms with Crippen LogP contribution in [0, 0.1) is 11.8 Å². The van der Waals surface area contributed by atoms with Gasteiger partial charge in [-0.2, -0.15) is 0 Å². The number of aromatic hydroxyl groups is 1. The number of Topliss-reactive ketones (excluding diaryl/α,β-unsaturated/α-hetero) is 2. The lowest BCUT2D eigenvalue weighted by molar-refractivity contribution is -0.154. The van der Waals surface area contributed by atoms with Gasteiger partial charge in [0.25, 0.3) is 5.91 Å². The molecule has 9 heteroatoms. The number of nitrogens with two attached hydrogens (primary N) is 1. The van der Waals surface area contributed by atoms with E-state index in [0.29, 0.717) is 5.56 Å². The van der Waals surface area contributed by atoms with E-state index in [1.54, 1.807) is 26.2 Å². The zero-order valence-electron chi connectivity index (χ0n) is 19.7. The van der Waals surface area contributed by atoms with Crippen molar-refractivity contribution in [1.82, 2.24) is 4.90 Å². The Hall–Kier alpha value is -3.95. The van der Waals surface area contributed by atoms with Gasteiger partial charge in [-0.1, -0.05) is 42.5 Å². The Labute approximate surface area is 206 Å². The lowest BCUT2D eigenvalue weighted by Gasteiger charge is -2.51. The minimum absolute atomic E-state index is 0.0149. The van der Waals surface area contributed by atoms with E-state index < -0.39 is 64.0 Å². The molecule has 1 fully saturated rings. The summed E-state index contributed by atoms with van der Waals surface area (Å²) in [5, 5.41) is 44.7. The number of carbonyl (C=O) groups is 3. The van der Waals surface area contributed by atoms with Crippen LogP contribution in [-0.4, -0.2) is 68.5 Å². The Kier molecular flexibility index (Phi) is 5.31. The maximum Gasteiger partial charge on any atom is 0.255 e. The molecule has 6 N–H and O–H groups in total. The summed E-state index contributed by atoms with van der Waals surface area (Å²) < 4.78 is 0. The maximum atomic E-state index is 14.1. The fraction of sp³-hybridized carbons (Fsp3) is 0.296. The van der Waals surface area contributed by atoms with Crippen LogP contribution in [0.2, 0.25) is 0 Å². The molecular weight excluding hydrogens is 464 g/mol. The number of phenolic OH excluding ortho intramolecular Hbond substituents is 1. The number of aliphatic hydroxyl groups is 3. The van der Waals surface area contributed by atoms with E-state index >= 15 is 0 Å². The normalized spacial score (nSPS) is 29.7. The van der Waals surface area contributed by atoms with Crippen molar-refractivity contribution in [3.63, 3.8) is 0 Å². The van der Waals surface area contributed by atoms with Crippen molar-refractivity contribution >= 4 is 23.2 Å². The van der Waals surface area contributed by atoms with Crippen molar-refractivity contribution in [1.29, 1.82) is 0 Å². The van der Waals surface area contributed by atoms with Gasteiger partial charge in [-0.05, 0) is 37.7 Å². The molecular formula is C27H26N2O7. The molecule has 3 aliphatic rings. The summed E-state index contributed by atoms with van der Waals surface area (Å²) in [4.78, 5) is 40.9. The third-order valence-corrected chi connectivity index (χ3v) is 7.77. The quantitative estimate of drug-likeness (QED) is 0.405. The number of nitrogens with zero attached hydrogens (tertiary/aromatic N) is 1. The van der Waals surface area contributed by atoms with Crippen molar-refractivity contribution < 1.29 is 34.8 Å². The van der Waals surface area contributed by atoms with Crippen molar-refractivity contribution in [3.8, 4) is 5.75 Å². The molecule has 0 saturated heterocycles. The maximum absolute atomic E-state index is 14.1. The molecule has 0 aliphatic heterocycles. The number of rotatable bonds is 3. The average Bonchev–Trinajstić information content (AvgIpc) is 2.81. The van der Waals surface area contributed by atoms with E-state index in [-0.39, 0.29) is 23.3 Å². The van der Waals surface area contributed by atoms with Crippen LogP contribution in [0.5, 0.6) is 5.75 Å². The summed E-state index contributed by atoms with van der Waals surface area (Å²) >= 11 is 0. The Morgan fingerprint density at radius 3 is 2.31 bits per heavy atom. The topological polar surface area (TPSA) is 161 Å². The molecule has 0 heterocycles. The van der Waals surface area contributed by atoms with Gasteiger partial charge in [-0.3, -0.25) is 19.3 Å². The van der Waals surface area contributed by atoms with E-state index in [1.165, 1.54) is 11.0 Å². The average molecular weight is 491 g/mol. The van der Waals surface area contributed by atoms with Gasteiger partial charge < -0.3 is 26.2 Å². The predicted octanol–water partition coefficient (Wildman–Crippen LogP) is 1.55. The number of ketones is 2. The summed E-state index contributed by atoms with van der Waals surface area (Å²) in [7, 11) is 3.14. The van der Waals surface area contributed by atoms with Crippen LogP contribution >= 0.6 is 0 Å². The van der Waals surface area contributed by atoms with Crippen molar-refractivity contribution in [3.05, 3.63) is 82.1 Å². The number of benzene rings is 2. The first-order chi connectivity index (χ1) is 17.0. The third kappa shape index (κ3) is 2.99. The summed E-state index contributed by atoms with van der Waals surface area (Å²) in [5.74, 6) is -7.29. The van der Waals surface area contributed by atoms with Gasteiger partial charge in [-0.25, -0.2) is 0 Å². The number of amides is 1. The van der Waals surface area contributed by atoms with Crippen LogP contribution in [0.1, 0.15) is 29.0 Å². The van der Waals surface area contributed by atoms with E-state index in [9.17, 15) is 34.8 Å². The molecule has 1 amide bonds. The number of aliphatic hydroxyl groups excluding tert-OH is 2. The number of fused-ring (bicyclic) bond motifs is 3. The Balaban J connectivity index is 1.82. The molecule has 0 bridgehead atoms. The number of hydrogen-bond acceptors (Lipinski definition) is 8. The number of hydrogen-bond donors (Lipinski definition) is 5. The smallest absolute Gasteiger partial charge is 0.255 e. The van der Waals surface area contributed by atoms with Crippen LogP contribution in [0.4, 0.5) is 0 Å². The molecule has 2 aromatic rings. The fourth-order valence-electron chi connectivity index (χ4n) is 6.30. The SMILES string of the molecule is CN(C)[C@@H]1C(=O)C(C(N)=O)=C(O)[C@@]2(O)C(=O)C3=C(O)c4c(O)cccc4[C@@H](c4ccccc4)[C@H]3C[C@@H]12. The lowest BCUT2D eigenvalue weighted by atomic mass is 9.54. The second-order valence-corrected chi connectivity index (χ2v) is 9.80. The molecule has 1 saturated carbocycles. The second kappa shape index (κ2) is 8.04. The van der Waals surface area contributed by atoms with Crippen LogP contribution in [-0.2, 0) is 14.4 Å². The molecule has 36 heavy (non-hydrogen) atoms. The minimum atomic E-state index is -2.67. The summed E-state index contributed by atoms with van der Waals surface area (Å²) in [5.41, 5.74) is 3.13. The van der Waals surface area contributed by atoms with E-state index in [1.807, 2.05) is 30.3 Å². The molecule has 9 nitrogen and oxygen atoms in total. The first kappa shape index (κ1) is 23.8. The van der Waals surface area contributed by atoms with Gasteiger partial charge in [0.2, 0.25) is 5.78 Å². The van der Waals surface area contributed by atoms with Gasteiger partial charge in [0.15, 0.2) is 11.4 Å². The van der Waals surface area contributed by atoms with E-state index in [0.717, 1.165) is 5.56 Å². The van der Waals surface area contributed by atoms with Crippen LogP contribution in [0.3, 0.4) is 0 Å². The summed E-state index contributed by atoms with van der Waals surface area (Å²) in [6.07, 6.45) is 0.0149. The largest absolute Gasteiger partial charge is 0.508 e. The molecule has 0 aromatic heterocycles. The zero-order valence-corrected chi connectivity index (χ0v) is 19.7. The highest BCUT2D eigenvalue weighted by molar-refractivity contribution is 6.24. The highest BCUT2D eigenvalue weighted by Gasteiger charge is 2.65. The molecule has 5 atom stereocenters. The van der Waals surface area contributed by atoms with E-state index in [2.05, 4.69) is 0 Å². The molecule has 2 aromatic carbocycles. The predicted molar refractivity (Wildman–Crippen MR) is 129 cm³/mol. The van der Waals surface area contributed by atoms with Crippen molar-refractivity contribution in [2.24, 2.45) is 17.6 Å². The number of likely N-dealkylation sites (N-methyl/N-ethyl adjacent to an activating group) is 1. The highest BCUT2D eigenvalue weighted by atomic mass is 16.3. The monoisotopic (exact) mass is 490 g/mol. The van der Waals surface area contributed by atoms with Crippen molar-refractivity contribution in [2.75, 3.05) is 14.1 Å². The third-order valence-electron chi connectivity index (χ3n) is 7.77. The molecule has 5 rings (SSSR count). The Bertz CT molecular complexity index is 1380. The zero-order chi connectivity index (χ0) is 26.1. The minimum Gasteiger partial charge on any atom is -0.508 e. The Morgan fingerprint density at radius 2 is 1.69 bits per heavy atom. The summed E-state index contributed by atoms with van der Waals surface area (Å²) in [6, 6.07) is 12.9. The van der Waals surface area contributed by atoms with Gasteiger partial charge in [-0.15, -0.1) is 0 Å². The first-order valence-corrected chi connectivity index (χ1v) is 11.5. The fourth-order valence-corrected chi connectivity index (χ4v) is 6.30. The number of carbonyl (C=O) groups excluding carboxylic acids is 3. The molecule has 3 aliphatic carbocycles. The first-order valence-electron chi connectivity index (χ1n) is 11.5. The van der Waals surface area contributed by atoms with Gasteiger partial charge in [0.1, 0.15) is 22.8 Å². The standard InChI is InChI=1S/C27H26N2O7/c1-29(2)21-15-11-14-17(12-7-4-3-5-8-12)13-9-6-10-16(30)18(13)22(31)19(14)24(33)27(15,36)25(34)20(23(21)32)26(28)35/h3-10,14-15,17,21,30-31,34,36H,11H2,1-2H3,(H2,28,35)/t14-,15+,17-,21+,27+/m1/s1. The molecule has 0 spiro atoms. The van der Waals surface area contributed by atoms with Crippen LogP contribution in [0.15, 0.2) is 65.4 Å². The summed E-state index contributed by atoms with van der Waals surface area (Å²) in [6.45, 7) is 0. The number of phenols is 1. The van der Waals surface area contributed by atoms with Crippen LogP contribution in [0.25, 0.3) is 5.76 Å². The lowest BCUT2D eigenvalue weighted by Crippen LogP contribution is -2.66. The molecule has 0 unspecified atom stereocenters. The Morgan fingerprint density at radius 1 is 1.03 bits per heavy atom. The van der Waals surface area contributed by atoms with Gasteiger partial charge in [0, 0.05) is 23.3 Å². The van der Waals surface area contributed by atoms with E-state index in [4.69, 9.17) is 5.73 Å². The molecule has 0 radical (unpaired) electrons. The second-order valence-electron chi connectivity index (χ2n) is 9.80. The van der Waals surface area contributed by atoms with Gasteiger partial charge >= 0.3 is 0 Å². The van der Waals surface area contributed by atoms with Crippen LogP contribution < -0.4 is 5.73 Å². The molecule has 186 valence electrons.